The van der Waals surface area contributed by atoms with Crippen molar-refractivity contribution in [2.24, 2.45) is 0 Å². The molecule has 1 aliphatic carbocycles. The molecule has 0 unspecified atom stereocenters. The zero-order chi connectivity index (χ0) is 16.9. The van der Waals surface area contributed by atoms with E-state index in [2.05, 4.69) is 5.32 Å². The number of benzene rings is 2. The maximum atomic E-state index is 12.1. The number of allylic oxidation sites excluding steroid dienone is 2. The minimum atomic E-state index is 0.151. The number of rotatable bonds is 5. The molecule has 0 aliphatic heterocycles. The second-order valence-corrected chi connectivity index (χ2v) is 5.87. The highest BCUT2D eigenvalue weighted by Crippen LogP contribution is 2.33. The van der Waals surface area contributed by atoms with E-state index in [1.54, 1.807) is 20.3 Å². The monoisotopic (exact) mass is 323 g/mol. The Kier molecular flexibility index (Phi) is 4.85. The van der Waals surface area contributed by atoms with Crippen LogP contribution < -0.4 is 14.8 Å². The molecule has 0 fully saturated rings. The fourth-order valence-corrected chi connectivity index (χ4v) is 2.95. The molecule has 0 aromatic heterocycles. The molecule has 1 aliphatic rings. The van der Waals surface area contributed by atoms with Crippen LogP contribution in [0.1, 0.15) is 24.3 Å². The van der Waals surface area contributed by atoms with E-state index in [4.69, 9.17) is 9.47 Å². The zero-order valence-electron chi connectivity index (χ0n) is 13.9. The maximum absolute atomic E-state index is 12.1. The number of ketones is 1. The minimum Gasteiger partial charge on any atom is -0.497 e. The molecular formula is C20H21NO3. The Hall–Kier alpha value is -2.75. The SMILES string of the molecule is COc1ccc(NC2=CC(=O)C[C@H](c3ccc(OC)cc3)C2)cc1. The van der Waals surface area contributed by atoms with E-state index in [1.165, 1.54) is 0 Å². The van der Waals surface area contributed by atoms with Crippen molar-refractivity contribution in [2.75, 3.05) is 19.5 Å². The van der Waals surface area contributed by atoms with Crippen LogP contribution in [0, 0.1) is 0 Å². The molecule has 0 bridgehead atoms. The van der Waals surface area contributed by atoms with Crippen LogP contribution in [0.4, 0.5) is 5.69 Å². The summed E-state index contributed by atoms with van der Waals surface area (Å²) in [7, 11) is 3.29. The summed E-state index contributed by atoms with van der Waals surface area (Å²) in [5.74, 6) is 1.98. The van der Waals surface area contributed by atoms with Crippen molar-refractivity contribution in [1.29, 1.82) is 0 Å². The number of ether oxygens (including phenoxy) is 2. The fraction of sp³-hybridized carbons (Fsp3) is 0.250. The van der Waals surface area contributed by atoms with Gasteiger partial charge in [0.2, 0.25) is 0 Å². The second-order valence-electron chi connectivity index (χ2n) is 5.87. The first-order valence-electron chi connectivity index (χ1n) is 7.96. The third-order valence-corrected chi connectivity index (χ3v) is 4.23. The first-order chi connectivity index (χ1) is 11.7. The van der Waals surface area contributed by atoms with Gasteiger partial charge in [0.05, 0.1) is 14.2 Å². The van der Waals surface area contributed by atoms with E-state index >= 15 is 0 Å². The summed E-state index contributed by atoms with van der Waals surface area (Å²) < 4.78 is 10.4. The van der Waals surface area contributed by atoms with E-state index in [9.17, 15) is 4.79 Å². The highest BCUT2D eigenvalue weighted by atomic mass is 16.5. The van der Waals surface area contributed by atoms with Gasteiger partial charge in [-0.3, -0.25) is 4.79 Å². The number of methoxy groups -OCH3 is 2. The summed E-state index contributed by atoms with van der Waals surface area (Å²) in [5.41, 5.74) is 3.05. The van der Waals surface area contributed by atoms with E-state index in [0.29, 0.717) is 6.42 Å². The summed E-state index contributed by atoms with van der Waals surface area (Å²) in [5, 5.41) is 3.34. The number of hydrogen-bond acceptors (Lipinski definition) is 4. The molecule has 0 saturated carbocycles. The van der Waals surface area contributed by atoms with E-state index in [-0.39, 0.29) is 11.7 Å². The van der Waals surface area contributed by atoms with Gasteiger partial charge in [-0.2, -0.15) is 0 Å². The lowest BCUT2D eigenvalue weighted by Crippen LogP contribution is -2.16. The van der Waals surface area contributed by atoms with Crippen molar-refractivity contribution >= 4 is 11.5 Å². The topological polar surface area (TPSA) is 47.6 Å². The Bertz CT molecular complexity index is 732. The van der Waals surface area contributed by atoms with Crippen molar-refractivity contribution in [2.45, 2.75) is 18.8 Å². The maximum Gasteiger partial charge on any atom is 0.158 e. The Labute approximate surface area is 142 Å². The number of hydrogen-bond donors (Lipinski definition) is 1. The summed E-state index contributed by atoms with van der Waals surface area (Å²) in [6.45, 7) is 0. The van der Waals surface area contributed by atoms with Gasteiger partial charge in [0.25, 0.3) is 0 Å². The predicted molar refractivity (Wildman–Crippen MR) is 94.7 cm³/mol. The molecule has 2 aromatic rings. The summed E-state index contributed by atoms with van der Waals surface area (Å²) >= 11 is 0. The molecule has 0 heterocycles. The average Bonchev–Trinajstić information content (AvgIpc) is 2.62. The molecule has 2 aromatic carbocycles. The first-order valence-corrected chi connectivity index (χ1v) is 7.96. The third-order valence-electron chi connectivity index (χ3n) is 4.23. The Morgan fingerprint density at radius 2 is 1.46 bits per heavy atom. The van der Waals surface area contributed by atoms with Gasteiger partial charge in [-0.25, -0.2) is 0 Å². The molecule has 4 heteroatoms. The molecule has 1 atom stereocenters. The van der Waals surface area contributed by atoms with E-state index in [1.807, 2.05) is 48.5 Å². The van der Waals surface area contributed by atoms with Gasteiger partial charge in [0.1, 0.15) is 11.5 Å². The smallest absolute Gasteiger partial charge is 0.158 e. The summed E-state index contributed by atoms with van der Waals surface area (Å²) in [6.07, 6.45) is 3.06. The van der Waals surface area contributed by atoms with Crippen molar-refractivity contribution < 1.29 is 14.3 Å². The number of anilines is 1. The minimum absolute atomic E-state index is 0.151. The van der Waals surface area contributed by atoms with Crippen LogP contribution in [0.3, 0.4) is 0 Å². The molecule has 3 rings (SSSR count). The Morgan fingerprint density at radius 3 is 2.04 bits per heavy atom. The van der Waals surface area contributed by atoms with Crippen LogP contribution >= 0.6 is 0 Å². The normalized spacial score (nSPS) is 17.2. The molecule has 1 N–H and O–H groups in total. The average molecular weight is 323 g/mol. The number of carbonyl (C=O) groups excluding carboxylic acids is 1. The lowest BCUT2D eigenvalue weighted by molar-refractivity contribution is -0.115. The first kappa shape index (κ1) is 16.1. The van der Waals surface area contributed by atoms with Crippen molar-refractivity contribution in [3.8, 4) is 11.5 Å². The molecule has 24 heavy (non-hydrogen) atoms. The van der Waals surface area contributed by atoms with Crippen LogP contribution in [0.5, 0.6) is 11.5 Å². The molecular weight excluding hydrogens is 302 g/mol. The van der Waals surface area contributed by atoms with Crippen molar-refractivity contribution in [3.63, 3.8) is 0 Å². The molecule has 0 spiro atoms. The van der Waals surface area contributed by atoms with Gasteiger partial charge < -0.3 is 14.8 Å². The molecule has 4 nitrogen and oxygen atoms in total. The lowest BCUT2D eigenvalue weighted by atomic mass is 9.85. The van der Waals surface area contributed by atoms with Crippen molar-refractivity contribution in [1.82, 2.24) is 0 Å². The molecule has 0 saturated heterocycles. The standard InChI is InChI=1S/C20H21NO3/c1-23-19-7-3-14(4-8-19)15-11-17(13-18(22)12-15)21-16-5-9-20(24-2)10-6-16/h3-10,13,15,21H,11-12H2,1-2H3/t15-/m1/s1. The highest BCUT2D eigenvalue weighted by Gasteiger charge is 2.22. The summed E-state index contributed by atoms with van der Waals surface area (Å²) in [6, 6.07) is 15.6. The molecule has 0 radical (unpaired) electrons. The van der Waals surface area contributed by atoms with Gasteiger partial charge >= 0.3 is 0 Å². The number of carbonyl (C=O) groups is 1. The molecule has 124 valence electrons. The van der Waals surface area contributed by atoms with Gasteiger partial charge in [0.15, 0.2) is 5.78 Å². The van der Waals surface area contributed by atoms with Gasteiger partial charge in [-0.15, -0.1) is 0 Å². The predicted octanol–water partition coefficient (Wildman–Crippen LogP) is 4.15. The number of nitrogens with one attached hydrogen (secondary N) is 1. The molecule has 0 amide bonds. The zero-order valence-corrected chi connectivity index (χ0v) is 13.9. The van der Waals surface area contributed by atoms with Crippen LogP contribution in [-0.2, 0) is 4.79 Å². The van der Waals surface area contributed by atoms with Gasteiger partial charge in [-0.1, -0.05) is 12.1 Å². The lowest BCUT2D eigenvalue weighted by Gasteiger charge is -2.23. The van der Waals surface area contributed by atoms with Gasteiger partial charge in [-0.05, 0) is 54.3 Å². The van der Waals surface area contributed by atoms with Gasteiger partial charge in [0, 0.05) is 23.9 Å². The van der Waals surface area contributed by atoms with Crippen LogP contribution in [0.15, 0.2) is 60.3 Å². The fourth-order valence-electron chi connectivity index (χ4n) is 2.95. The third kappa shape index (κ3) is 3.77. The quantitative estimate of drug-likeness (QED) is 0.898. The summed E-state index contributed by atoms with van der Waals surface area (Å²) in [4.78, 5) is 12.1. The second kappa shape index (κ2) is 7.21. The highest BCUT2D eigenvalue weighted by molar-refractivity contribution is 5.92. The van der Waals surface area contributed by atoms with E-state index < -0.39 is 0 Å². The van der Waals surface area contributed by atoms with E-state index in [0.717, 1.165) is 34.9 Å². The Morgan fingerprint density at radius 1 is 0.875 bits per heavy atom. The Balaban J connectivity index is 1.72. The van der Waals surface area contributed by atoms with Crippen molar-refractivity contribution in [3.05, 3.63) is 65.9 Å². The largest absolute Gasteiger partial charge is 0.497 e. The van der Waals surface area contributed by atoms with Crippen LogP contribution in [0.2, 0.25) is 0 Å². The van der Waals surface area contributed by atoms with Crippen LogP contribution in [0.25, 0.3) is 0 Å². The van der Waals surface area contributed by atoms with Crippen LogP contribution in [-0.4, -0.2) is 20.0 Å².